The van der Waals surface area contributed by atoms with Gasteiger partial charge in [0.2, 0.25) is 15.9 Å². The summed E-state index contributed by atoms with van der Waals surface area (Å²) in [5.41, 5.74) is 2.74. The fourth-order valence-corrected chi connectivity index (χ4v) is 5.11. The van der Waals surface area contributed by atoms with Crippen molar-refractivity contribution in [3.05, 3.63) is 76.2 Å². The highest BCUT2D eigenvalue weighted by Gasteiger charge is 2.27. The number of amides is 1. The molecule has 0 bridgehead atoms. The second kappa shape index (κ2) is 8.64. The first-order valence-electron chi connectivity index (χ1n) is 8.65. The molecular weight excluding hydrogens is 394 g/mol. The van der Waals surface area contributed by atoms with Crippen molar-refractivity contribution in [1.29, 1.82) is 0 Å². The summed E-state index contributed by atoms with van der Waals surface area (Å²) in [4.78, 5) is 15.7. The first kappa shape index (κ1) is 20.2. The Morgan fingerprint density at radius 1 is 1.18 bits per heavy atom. The first-order valence-corrected chi connectivity index (χ1v) is 11.0. The average molecular weight is 416 g/mol. The van der Waals surface area contributed by atoms with Gasteiger partial charge >= 0.3 is 0 Å². The maximum atomic E-state index is 13.4. The Morgan fingerprint density at radius 2 is 2.00 bits per heavy atom. The Hall–Kier alpha value is -2.55. The number of aromatic nitrogens is 1. The lowest BCUT2D eigenvalue weighted by atomic mass is 10.2. The molecule has 2 aromatic heterocycles. The maximum absolute atomic E-state index is 13.4. The highest BCUT2D eigenvalue weighted by molar-refractivity contribution is 7.89. The molecule has 0 saturated carbocycles. The molecule has 1 N–H and O–H groups in total. The summed E-state index contributed by atoms with van der Waals surface area (Å²) in [7, 11) is -3.77. The van der Waals surface area contributed by atoms with E-state index in [1.807, 2.05) is 29.0 Å². The molecule has 6 nitrogen and oxygen atoms in total. The van der Waals surface area contributed by atoms with Crippen molar-refractivity contribution in [2.45, 2.75) is 31.8 Å². The van der Waals surface area contributed by atoms with E-state index in [9.17, 15) is 13.2 Å². The normalized spacial score (nSPS) is 11.5. The molecule has 3 aromatic rings. The molecule has 146 valence electrons. The molecule has 3 rings (SSSR count). The van der Waals surface area contributed by atoms with Crippen LogP contribution in [0.3, 0.4) is 0 Å². The van der Waals surface area contributed by atoms with E-state index in [2.05, 4.69) is 10.3 Å². The van der Waals surface area contributed by atoms with Crippen molar-refractivity contribution < 1.29 is 13.2 Å². The van der Waals surface area contributed by atoms with Crippen molar-refractivity contribution in [3.63, 3.8) is 0 Å². The van der Waals surface area contributed by atoms with E-state index >= 15 is 0 Å². The number of carbonyl (C=O) groups is 1. The van der Waals surface area contributed by atoms with Gasteiger partial charge in [0, 0.05) is 25.4 Å². The highest BCUT2D eigenvalue weighted by Crippen LogP contribution is 2.26. The number of nitrogens with one attached hydrogen (secondary N) is 1. The van der Waals surface area contributed by atoms with Crippen LogP contribution in [0.25, 0.3) is 0 Å². The van der Waals surface area contributed by atoms with Crippen LogP contribution in [0.2, 0.25) is 0 Å². The van der Waals surface area contributed by atoms with Gasteiger partial charge in [-0.15, -0.1) is 0 Å². The standard InChI is InChI=1S/C20H21N3O3S2/c1-15-11-18(22-16(2)24)6-7-20(15)28(25,26)23(12-17-8-10-27-14-17)13-19-5-3-4-9-21-19/h3-11,14H,12-13H2,1-2H3,(H,22,24). The zero-order valence-electron chi connectivity index (χ0n) is 15.6. The summed E-state index contributed by atoms with van der Waals surface area (Å²) >= 11 is 1.53. The molecule has 0 spiro atoms. The van der Waals surface area contributed by atoms with Crippen LogP contribution in [-0.4, -0.2) is 23.6 Å². The van der Waals surface area contributed by atoms with E-state index in [0.717, 1.165) is 5.56 Å². The van der Waals surface area contributed by atoms with Crippen molar-refractivity contribution >= 4 is 33.0 Å². The number of hydrogen-bond acceptors (Lipinski definition) is 5. The second-order valence-corrected chi connectivity index (χ2v) is 9.07. The molecule has 0 saturated heterocycles. The number of sulfonamides is 1. The zero-order chi connectivity index (χ0) is 20.1. The summed E-state index contributed by atoms with van der Waals surface area (Å²) in [6.45, 7) is 3.57. The minimum absolute atomic E-state index is 0.173. The minimum Gasteiger partial charge on any atom is -0.326 e. The van der Waals surface area contributed by atoms with Crippen molar-refractivity contribution in [3.8, 4) is 0 Å². The third-order valence-corrected chi connectivity index (χ3v) is 6.80. The summed E-state index contributed by atoms with van der Waals surface area (Å²) in [6.07, 6.45) is 1.65. The molecule has 1 aromatic carbocycles. The SMILES string of the molecule is CC(=O)Nc1ccc(S(=O)(=O)N(Cc2ccsc2)Cc2ccccn2)c(C)c1. The summed E-state index contributed by atoms with van der Waals surface area (Å²) in [5.74, 6) is -0.204. The lowest BCUT2D eigenvalue weighted by molar-refractivity contribution is -0.114. The number of anilines is 1. The van der Waals surface area contributed by atoms with Crippen LogP contribution >= 0.6 is 11.3 Å². The van der Waals surface area contributed by atoms with Crippen molar-refractivity contribution in [1.82, 2.24) is 9.29 Å². The second-order valence-electron chi connectivity index (χ2n) is 6.39. The van der Waals surface area contributed by atoms with Gasteiger partial charge in [-0.25, -0.2) is 8.42 Å². The molecule has 0 atom stereocenters. The van der Waals surface area contributed by atoms with Crippen LogP contribution < -0.4 is 5.32 Å². The van der Waals surface area contributed by atoms with Gasteiger partial charge < -0.3 is 5.32 Å². The van der Waals surface area contributed by atoms with Gasteiger partial charge in [0.25, 0.3) is 0 Å². The summed E-state index contributed by atoms with van der Waals surface area (Å²) in [6, 6.07) is 12.2. The molecule has 8 heteroatoms. The van der Waals surface area contributed by atoms with E-state index in [0.29, 0.717) is 16.9 Å². The minimum atomic E-state index is -3.77. The largest absolute Gasteiger partial charge is 0.326 e. The van der Waals surface area contributed by atoms with Crippen molar-refractivity contribution in [2.24, 2.45) is 0 Å². The number of pyridine rings is 1. The van der Waals surface area contributed by atoms with Crippen LogP contribution in [0.1, 0.15) is 23.7 Å². The van der Waals surface area contributed by atoms with E-state index in [-0.39, 0.29) is 23.9 Å². The fraction of sp³-hybridized carbons (Fsp3) is 0.200. The number of benzene rings is 1. The van der Waals surface area contributed by atoms with E-state index in [4.69, 9.17) is 0 Å². The van der Waals surface area contributed by atoms with Crippen LogP contribution in [0, 0.1) is 6.92 Å². The average Bonchev–Trinajstić information content (AvgIpc) is 3.14. The smallest absolute Gasteiger partial charge is 0.243 e. The molecule has 2 heterocycles. The van der Waals surface area contributed by atoms with Crippen LogP contribution in [0.15, 0.2) is 64.3 Å². The van der Waals surface area contributed by atoms with Crippen molar-refractivity contribution in [2.75, 3.05) is 5.32 Å². The number of aryl methyl sites for hydroxylation is 1. The molecule has 0 aliphatic carbocycles. The molecular formula is C20H21N3O3S2. The van der Waals surface area contributed by atoms with Gasteiger partial charge in [0.1, 0.15) is 0 Å². The Morgan fingerprint density at radius 3 is 2.61 bits per heavy atom. The fourth-order valence-electron chi connectivity index (χ4n) is 2.84. The quantitative estimate of drug-likeness (QED) is 0.637. The van der Waals surface area contributed by atoms with E-state index in [1.165, 1.54) is 28.6 Å². The Bertz CT molecular complexity index is 1050. The Kier molecular flexibility index (Phi) is 6.23. The highest BCUT2D eigenvalue weighted by atomic mass is 32.2. The molecule has 0 fully saturated rings. The predicted octanol–water partition coefficient (Wildman–Crippen LogP) is 3.80. The Balaban J connectivity index is 1.96. The Labute approximate surface area is 168 Å². The predicted molar refractivity (Wildman–Crippen MR) is 110 cm³/mol. The molecule has 1 amide bonds. The maximum Gasteiger partial charge on any atom is 0.243 e. The van der Waals surface area contributed by atoms with Gasteiger partial charge in [-0.05, 0) is 65.2 Å². The summed E-state index contributed by atoms with van der Waals surface area (Å²) < 4.78 is 28.3. The number of hydrogen-bond donors (Lipinski definition) is 1. The molecule has 28 heavy (non-hydrogen) atoms. The van der Waals surface area contributed by atoms with Crippen LogP contribution in [0.4, 0.5) is 5.69 Å². The van der Waals surface area contributed by atoms with Crippen LogP contribution in [-0.2, 0) is 27.9 Å². The summed E-state index contributed by atoms with van der Waals surface area (Å²) in [5, 5.41) is 6.54. The number of nitrogens with zero attached hydrogens (tertiary/aromatic N) is 2. The molecule has 0 aliphatic heterocycles. The van der Waals surface area contributed by atoms with Crippen LogP contribution in [0.5, 0.6) is 0 Å². The molecule has 0 radical (unpaired) electrons. The van der Waals surface area contributed by atoms with Gasteiger partial charge in [0.05, 0.1) is 17.1 Å². The first-order chi connectivity index (χ1) is 13.4. The number of rotatable bonds is 7. The molecule has 0 aliphatic rings. The number of thiophene rings is 1. The molecule has 0 unspecified atom stereocenters. The third-order valence-electron chi connectivity index (χ3n) is 4.12. The van der Waals surface area contributed by atoms with Gasteiger partial charge in [-0.1, -0.05) is 6.07 Å². The van der Waals surface area contributed by atoms with E-state index in [1.54, 1.807) is 31.3 Å². The van der Waals surface area contributed by atoms with Gasteiger partial charge in [-0.3, -0.25) is 9.78 Å². The lowest BCUT2D eigenvalue weighted by Gasteiger charge is -2.23. The lowest BCUT2D eigenvalue weighted by Crippen LogP contribution is -2.31. The van der Waals surface area contributed by atoms with Gasteiger partial charge in [-0.2, -0.15) is 15.6 Å². The monoisotopic (exact) mass is 415 g/mol. The number of carbonyl (C=O) groups excluding carboxylic acids is 1. The topological polar surface area (TPSA) is 79.4 Å². The third kappa shape index (κ3) is 4.83. The van der Waals surface area contributed by atoms with Gasteiger partial charge in [0.15, 0.2) is 0 Å². The zero-order valence-corrected chi connectivity index (χ0v) is 17.3. The van der Waals surface area contributed by atoms with E-state index < -0.39 is 10.0 Å².